The van der Waals surface area contributed by atoms with Gasteiger partial charge in [-0.15, -0.1) is 11.3 Å². The van der Waals surface area contributed by atoms with E-state index in [1.807, 2.05) is 48.9 Å². The molecule has 0 spiro atoms. The number of rotatable bonds is 6. The molecule has 138 valence electrons. The van der Waals surface area contributed by atoms with Crippen molar-refractivity contribution in [3.63, 3.8) is 0 Å². The zero-order valence-electron chi connectivity index (χ0n) is 15.2. The van der Waals surface area contributed by atoms with Crippen LogP contribution in [-0.4, -0.2) is 27.2 Å². The molecule has 6 nitrogen and oxygen atoms in total. The molecule has 3 aromatic heterocycles. The molecule has 0 saturated carbocycles. The Morgan fingerprint density at radius 1 is 1.22 bits per heavy atom. The van der Waals surface area contributed by atoms with Crippen LogP contribution in [-0.2, 0) is 6.54 Å². The minimum Gasteiger partial charge on any atom is -0.448 e. The van der Waals surface area contributed by atoms with Crippen molar-refractivity contribution in [3.8, 4) is 10.8 Å². The van der Waals surface area contributed by atoms with E-state index in [0.29, 0.717) is 18.1 Å². The smallest absolute Gasteiger partial charge is 0.287 e. The molecule has 0 aliphatic carbocycles. The maximum absolute atomic E-state index is 12.3. The lowest BCUT2D eigenvalue weighted by molar-refractivity contribution is 0.0925. The minimum absolute atomic E-state index is 0.212. The number of carbonyl (C=O) groups is 1. The number of hydrogen-bond acceptors (Lipinski definition) is 5. The van der Waals surface area contributed by atoms with Crippen molar-refractivity contribution in [3.05, 3.63) is 59.6 Å². The van der Waals surface area contributed by atoms with Crippen LogP contribution in [0.15, 0.2) is 46.9 Å². The highest BCUT2D eigenvalue weighted by Gasteiger charge is 2.14. The predicted molar refractivity (Wildman–Crippen MR) is 106 cm³/mol. The highest BCUT2D eigenvalue weighted by molar-refractivity contribution is 7.21. The molecule has 1 N–H and O–H groups in total. The molecule has 7 heteroatoms. The maximum Gasteiger partial charge on any atom is 0.287 e. The molecule has 0 fully saturated rings. The summed E-state index contributed by atoms with van der Waals surface area (Å²) in [6, 6.07) is 13.5. The second-order valence-corrected chi connectivity index (χ2v) is 7.44. The van der Waals surface area contributed by atoms with E-state index in [1.165, 1.54) is 0 Å². The van der Waals surface area contributed by atoms with E-state index in [0.717, 1.165) is 39.6 Å². The van der Waals surface area contributed by atoms with E-state index in [4.69, 9.17) is 4.42 Å². The van der Waals surface area contributed by atoms with Crippen molar-refractivity contribution in [2.45, 2.75) is 26.8 Å². The van der Waals surface area contributed by atoms with Crippen LogP contribution in [0.2, 0.25) is 0 Å². The first-order valence-electron chi connectivity index (χ1n) is 8.85. The zero-order valence-corrected chi connectivity index (χ0v) is 16.0. The number of nitrogens with zero attached hydrogens (tertiary/aromatic N) is 3. The van der Waals surface area contributed by atoms with Gasteiger partial charge in [-0.05, 0) is 50.6 Å². The van der Waals surface area contributed by atoms with Gasteiger partial charge >= 0.3 is 0 Å². The van der Waals surface area contributed by atoms with Gasteiger partial charge in [0.25, 0.3) is 5.91 Å². The number of nitrogens with one attached hydrogen (secondary N) is 1. The van der Waals surface area contributed by atoms with Crippen molar-refractivity contribution in [2.75, 3.05) is 6.54 Å². The minimum atomic E-state index is -0.212. The molecule has 0 atom stereocenters. The van der Waals surface area contributed by atoms with Crippen molar-refractivity contribution in [1.29, 1.82) is 0 Å². The van der Waals surface area contributed by atoms with Gasteiger partial charge in [-0.1, -0.05) is 12.1 Å². The van der Waals surface area contributed by atoms with Crippen LogP contribution >= 0.6 is 11.3 Å². The summed E-state index contributed by atoms with van der Waals surface area (Å²) < 4.78 is 8.77. The Balaban J connectivity index is 1.35. The van der Waals surface area contributed by atoms with Crippen molar-refractivity contribution in [1.82, 2.24) is 20.1 Å². The van der Waals surface area contributed by atoms with Crippen molar-refractivity contribution in [2.24, 2.45) is 0 Å². The summed E-state index contributed by atoms with van der Waals surface area (Å²) in [5, 5.41) is 8.09. The monoisotopic (exact) mass is 380 g/mol. The lowest BCUT2D eigenvalue weighted by atomic mass is 10.3. The lowest BCUT2D eigenvalue weighted by Gasteiger charge is -2.05. The summed E-state index contributed by atoms with van der Waals surface area (Å²) in [5.41, 5.74) is 3.07. The average Bonchev–Trinajstić information content (AvgIpc) is 3.36. The van der Waals surface area contributed by atoms with E-state index in [9.17, 15) is 4.79 Å². The standard InChI is InChI=1S/C20H20N4O2S/c1-13-12-14(2)24(23-13)11-5-10-21-19(25)16-8-9-17(26-16)20-22-15-6-3-4-7-18(15)27-20/h3-4,6-9,12H,5,10-11H2,1-2H3,(H,21,25). The molecular formula is C20H20N4O2S. The third-order valence-electron chi connectivity index (χ3n) is 4.27. The number of carbonyl (C=O) groups excluding carboxylic acids is 1. The Hall–Kier alpha value is -2.93. The van der Waals surface area contributed by atoms with Crippen molar-refractivity contribution < 1.29 is 9.21 Å². The highest BCUT2D eigenvalue weighted by atomic mass is 32.1. The molecule has 0 bridgehead atoms. The Labute approximate surface area is 160 Å². The van der Waals surface area contributed by atoms with Gasteiger partial charge in [0.1, 0.15) is 0 Å². The molecule has 1 amide bonds. The van der Waals surface area contributed by atoms with Gasteiger partial charge in [-0.2, -0.15) is 5.10 Å². The fourth-order valence-corrected chi connectivity index (χ4v) is 3.90. The fraction of sp³-hybridized carbons (Fsp3) is 0.250. The van der Waals surface area contributed by atoms with Gasteiger partial charge in [0.15, 0.2) is 16.5 Å². The highest BCUT2D eigenvalue weighted by Crippen LogP contribution is 2.31. The summed E-state index contributed by atoms with van der Waals surface area (Å²) in [5.74, 6) is 0.704. The molecular weight excluding hydrogens is 360 g/mol. The van der Waals surface area contributed by atoms with E-state index < -0.39 is 0 Å². The third-order valence-corrected chi connectivity index (χ3v) is 5.32. The molecule has 27 heavy (non-hydrogen) atoms. The second-order valence-electron chi connectivity index (χ2n) is 6.41. The van der Waals surface area contributed by atoms with E-state index in [2.05, 4.69) is 15.4 Å². The molecule has 0 unspecified atom stereocenters. The van der Waals surface area contributed by atoms with Crippen LogP contribution in [0, 0.1) is 13.8 Å². The van der Waals surface area contributed by atoms with Crippen molar-refractivity contribution >= 4 is 27.5 Å². The van der Waals surface area contributed by atoms with E-state index in [1.54, 1.807) is 23.5 Å². The summed E-state index contributed by atoms with van der Waals surface area (Å²) in [7, 11) is 0. The average molecular weight is 380 g/mol. The summed E-state index contributed by atoms with van der Waals surface area (Å²) >= 11 is 1.55. The molecule has 1 aromatic carbocycles. The van der Waals surface area contributed by atoms with E-state index in [-0.39, 0.29) is 5.91 Å². The number of thiazole rings is 1. The van der Waals surface area contributed by atoms with E-state index >= 15 is 0 Å². The normalized spacial score (nSPS) is 11.2. The Kier molecular flexibility index (Phi) is 4.77. The first-order valence-corrected chi connectivity index (χ1v) is 9.67. The van der Waals surface area contributed by atoms with Gasteiger partial charge in [-0.25, -0.2) is 4.98 Å². The summed E-state index contributed by atoms with van der Waals surface area (Å²) in [6.45, 7) is 5.35. The van der Waals surface area contributed by atoms with Gasteiger partial charge in [0.2, 0.25) is 0 Å². The molecule has 0 aliphatic rings. The molecule has 0 aliphatic heterocycles. The third kappa shape index (κ3) is 3.78. The largest absolute Gasteiger partial charge is 0.448 e. The number of furan rings is 1. The lowest BCUT2D eigenvalue weighted by Crippen LogP contribution is -2.25. The van der Waals surface area contributed by atoms with Gasteiger partial charge in [0.05, 0.1) is 15.9 Å². The molecule has 4 aromatic rings. The van der Waals surface area contributed by atoms with Gasteiger partial charge < -0.3 is 9.73 Å². The zero-order chi connectivity index (χ0) is 18.8. The first kappa shape index (κ1) is 17.5. The maximum atomic E-state index is 12.3. The number of para-hydroxylation sites is 1. The Morgan fingerprint density at radius 2 is 2.07 bits per heavy atom. The Bertz CT molecular complexity index is 1060. The van der Waals surface area contributed by atoms with Gasteiger partial charge in [-0.3, -0.25) is 9.48 Å². The summed E-state index contributed by atoms with van der Waals surface area (Å²) in [4.78, 5) is 16.9. The number of benzene rings is 1. The molecule has 0 radical (unpaired) electrons. The number of hydrogen-bond donors (Lipinski definition) is 1. The number of amides is 1. The summed E-state index contributed by atoms with van der Waals surface area (Å²) in [6.07, 6.45) is 0.805. The first-order chi connectivity index (χ1) is 13.1. The topological polar surface area (TPSA) is 73.0 Å². The van der Waals surface area contributed by atoms with Gasteiger partial charge in [0, 0.05) is 18.8 Å². The van der Waals surface area contributed by atoms with Crippen LogP contribution in [0.4, 0.5) is 0 Å². The number of aryl methyl sites for hydroxylation is 3. The predicted octanol–water partition coefficient (Wildman–Crippen LogP) is 4.19. The number of aromatic nitrogens is 3. The quantitative estimate of drug-likeness (QED) is 0.509. The van der Waals surface area contributed by atoms with Crippen LogP contribution in [0.1, 0.15) is 28.4 Å². The SMILES string of the molecule is Cc1cc(C)n(CCCNC(=O)c2ccc(-c3nc4ccccc4s3)o2)n1. The molecule has 3 heterocycles. The second kappa shape index (κ2) is 7.36. The number of fused-ring (bicyclic) bond motifs is 1. The van der Waals surface area contributed by atoms with Crippen LogP contribution in [0.25, 0.3) is 21.0 Å². The fourth-order valence-electron chi connectivity index (χ4n) is 2.97. The van der Waals surface area contributed by atoms with Crippen LogP contribution < -0.4 is 5.32 Å². The Morgan fingerprint density at radius 3 is 2.85 bits per heavy atom. The molecule has 4 rings (SSSR count). The van der Waals surface area contributed by atoms with Crippen LogP contribution in [0.5, 0.6) is 0 Å². The molecule has 0 saturated heterocycles. The van der Waals surface area contributed by atoms with Crippen LogP contribution in [0.3, 0.4) is 0 Å².